The largest absolute Gasteiger partial charge is 0.714 e. The first-order valence-electron chi connectivity index (χ1n) is 6.30. The van der Waals surface area contributed by atoms with Crippen molar-refractivity contribution < 1.29 is 14.7 Å². The van der Waals surface area contributed by atoms with Crippen molar-refractivity contribution in [3.8, 4) is 5.75 Å². The maximum Gasteiger partial charge on any atom is 0.316 e. The van der Waals surface area contributed by atoms with Crippen molar-refractivity contribution in [3.63, 3.8) is 0 Å². The minimum absolute atomic E-state index is 0.128. The highest BCUT2D eigenvalue weighted by atomic mass is 79.9. The zero-order valence-corrected chi connectivity index (χ0v) is 13.8. The summed E-state index contributed by atoms with van der Waals surface area (Å²) in [4.78, 5) is 0. The molecule has 1 aliphatic rings. The molecule has 0 amide bonds. The highest BCUT2D eigenvalue weighted by Gasteiger charge is 2.59. The van der Waals surface area contributed by atoms with E-state index in [0.717, 1.165) is 9.80 Å². The van der Waals surface area contributed by atoms with Gasteiger partial charge in [0.15, 0.2) is 5.54 Å². The van der Waals surface area contributed by atoms with Crippen molar-refractivity contribution in [3.05, 3.63) is 33.4 Å². The number of hydroxylamine groups is 3. The molecule has 1 heterocycles. The van der Waals surface area contributed by atoms with E-state index in [2.05, 4.69) is 15.9 Å². The molecule has 2 rings (SSSR count). The minimum Gasteiger partial charge on any atom is -0.714 e. The van der Waals surface area contributed by atoms with Crippen LogP contribution in [0.1, 0.15) is 33.3 Å². The summed E-state index contributed by atoms with van der Waals surface area (Å²) in [5.41, 5.74) is -1.05. The molecule has 1 aromatic rings. The van der Waals surface area contributed by atoms with Gasteiger partial charge in [0.25, 0.3) is 0 Å². The summed E-state index contributed by atoms with van der Waals surface area (Å²) in [6, 6.07) is 5.17. The first-order valence-corrected chi connectivity index (χ1v) is 7.09. The van der Waals surface area contributed by atoms with Crippen molar-refractivity contribution >= 4 is 21.8 Å². The third-order valence-electron chi connectivity index (χ3n) is 4.31. The van der Waals surface area contributed by atoms with Gasteiger partial charge >= 0.3 is 5.84 Å². The van der Waals surface area contributed by atoms with Crippen LogP contribution in [-0.4, -0.2) is 33.8 Å². The van der Waals surface area contributed by atoms with E-state index in [1.165, 1.54) is 0 Å². The first kappa shape index (κ1) is 15.1. The van der Waals surface area contributed by atoms with Gasteiger partial charge in [-0.25, -0.2) is 0 Å². The van der Waals surface area contributed by atoms with Gasteiger partial charge in [-0.2, -0.15) is 0 Å². The van der Waals surface area contributed by atoms with Crippen LogP contribution in [0.2, 0.25) is 0 Å². The third-order valence-corrected chi connectivity index (χ3v) is 4.93. The molecule has 5 nitrogen and oxygen atoms in total. The van der Waals surface area contributed by atoms with Crippen molar-refractivity contribution in [1.29, 1.82) is 0 Å². The Morgan fingerprint density at radius 3 is 2.30 bits per heavy atom. The number of ether oxygens (including phenoxy) is 1. The van der Waals surface area contributed by atoms with Crippen LogP contribution in [-0.2, 0) is 5.21 Å². The fraction of sp³-hybridized carbons (Fsp3) is 0.500. The van der Waals surface area contributed by atoms with Gasteiger partial charge in [-0.05, 0) is 61.8 Å². The van der Waals surface area contributed by atoms with Gasteiger partial charge in [0.05, 0.1) is 17.1 Å². The van der Waals surface area contributed by atoms with E-state index in [0.29, 0.717) is 15.8 Å². The molecule has 0 atom stereocenters. The first-order chi connectivity index (χ1) is 9.14. The van der Waals surface area contributed by atoms with E-state index in [9.17, 15) is 10.4 Å². The Bertz CT molecular complexity index is 582. The number of nitrogens with zero attached hydrogens (tertiary/aromatic N) is 2. The highest BCUT2D eigenvalue weighted by Crippen LogP contribution is 2.38. The Morgan fingerprint density at radius 1 is 1.30 bits per heavy atom. The summed E-state index contributed by atoms with van der Waals surface area (Å²) in [5, 5.41) is 25.8. The quantitative estimate of drug-likeness (QED) is 0.613. The predicted octanol–water partition coefficient (Wildman–Crippen LogP) is 2.93. The molecule has 0 fully saturated rings. The Labute approximate surface area is 127 Å². The van der Waals surface area contributed by atoms with Crippen molar-refractivity contribution in [2.75, 3.05) is 7.11 Å². The van der Waals surface area contributed by atoms with Crippen LogP contribution in [0.15, 0.2) is 22.7 Å². The molecule has 0 aliphatic carbocycles. The lowest BCUT2D eigenvalue weighted by Gasteiger charge is -2.32. The van der Waals surface area contributed by atoms with Gasteiger partial charge in [0.2, 0.25) is 0 Å². The second-order valence-electron chi connectivity index (χ2n) is 5.88. The molecule has 0 unspecified atom stereocenters. The molecule has 6 heteroatoms. The summed E-state index contributed by atoms with van der Waals surface area (Å²) >= 11 is 3.37. The van der Waals surface area contributed by atoms with Crippen molar-refractivity contribution in [2.45, 2.75) is 38.8 Å². The normalized spacial score (nSPS) is 20.4. The molecule has 0 bridgehead atoms. The van der Waals surface area contributed by atoms with Crippen molar-refractivity contribution in [2.24, 2.45) is 0 Å². The zero-order valence-electron chi connectivity index (χ0n) is 12.2. The Balaban J connectivity index is 2.58. The van der Waals surface area contributed by atoms with E-state index in [-0.39, 0.29) is 5.84 Å². The van der Waals surface area contributed by atoms with Gasteiger partial charge in [-0.3, -0.25) is 4.74 Å². The highest BCUT2D eigenvalue weighted by molar-refractivity contribution is 9.10. The molecular weight excluding hydrogens is 324 g/mol. The lowest BCUT2D eigenvalue weighted by atomic mass is 9.84. The summed E-state index contributed by atoms with van der Waals surface area (Å²) in [5.74, 6) is 0.782. The van der Waals surface area contributed by atoms with E-state index in [1.54, 1.807) is 53.0 Å². The van der Waals surface area contributed by atoms with E-state index in [4.69, 9.17) is 4.74 Å². The third kappa shape index (κ3) is 1.90. The number of halogens is 1. The van der Waals surface area contributed by atoms with Crippen LogP contribution in [0.5, 0.6) is 5.75 Å². The molecule has 0 spiro atoms. The van der Waals surface area contributed by atoms with Gasteiger partial charge in [-0.15, -0.1) is 0 Å². The average molecular weight is 342 g/mol. The predicted molar refractivity (Wildman–Crippen MR) is 79.1 cm³/mol. The summed E-state index contributed by atoms with van der Waals surface area (Å²) in [6.07, 6.45) is 0. The fourth-order valence-corrected chi connectivity index (χ4v) is 2.69. The Morgan fingerprint density at radius 2 is 1.90 bits per heavy atom. The van der Waals surface area contributed by atoms with Gasteiger partial charge in [0, 0.05) is 5.21 Å². The topological polar surface area (TPSA) is 58.4 Å². The van der Waals surface area contributed by atoms with Crippen LogP contribution >= 0.6 is 15.9 Å². The SMILES string of the molecule is COc1ccc(C2=[N+]([O-])C(C)(C)C(C)(C)N2[O])cc1Br. The molecule has 1 aromatic carbocycles. The molecule has 1 aliphatic heterocycles. The van der Waals surface area contributed by atoms with Crippen LogP contribution in [0.25, 0.3) is 0 Å². The molecule has 1 radical (unpaired) electrons. The molecule has 0 saturated heterocycles. The summed E-state index contributed by atoms with van der Waals surface area (Å²) < 4.78 is 6.66. The van der Waals surface area contributed by atoms with Gasteiger partial charge < -0.3 is 9.94 Å². The molecular formula is C14H18BrN2O3. The Kier molecular flexibility index (Phi) is 3.50. The molecule has 109 valence electrons. The molecule has 0 aromatic heterocycles. The van der Waals surface area contributed by atoms with Crippen LogP contribution in [0, 0.1) is 5.21 Å². The van der Waals surface area contributed by atoms with Gasteiger partial charge in [0.1, 0.15) is 11.3 Å². The molecule has 0 N–H and O–H groups in total. The number of hydrogen-bond donors (Lipinski definition) is 0. The zero-order chi connectivity index (χ0) is 15.3. The van der Waals surface area contributed by atoms with Crippen molar-refractivity contribution in [1.82, 2.24) is 5.06 Å². The van der Waals surface area contributed by atoms with Crippen LogP contribution in [0.3, 0.4) is 0 Å². The molecule has 20 heavy (non-hydrogen) atoms. The van der Waals surface area contributed by atoms with E-state index in [1.807, 2.05) is 0 Å². The van der Waals surface area contributed by atoms with E-state index < -0.39 is 11.1 Å². The van der Waals surface area contributed by atoms with E-state index >= 15 is 0 Å². The maximum atomic E-state index is 12.5. The van der Waals surface area contributed by atoms with Crippen LogP contribution < -0.4 is 4.74 Å². The van der Waals surface area contributed by atoms with Crippen LogP contribution in [0.4, 0.5) is 0 Å². The standard InChI is InChI=1S/C14H18BrN2O3/c1-13(2)14(3,4)17(19)12(16(13)18)9-6-7-11(20-5)10(15)8-9/h6-8H,1-5H3. The second-order valence-corrected chi connectivity index (χ2v) is 6.73. The summed E-state index contributed by atoms with van der Waals surface area (Å²) in [7, 11) is 1.56. The molecule has 0 saturated carbocycles. The summed E-state index contributed by atoms with van der Waals surface area (Å²) in [6.45, 7) is 7.10. The lowest BCUT2D eigenvalue weighted by molar-refractivity contribution is -0.539. The number of hydrogen-bond acceptors (Lipinski definition) is 3. The van der Waals surface area contributed by atoms with Gasteiger partial charge in [-0.1, -0.05) is 5.06 Å². The Hall–Kier alpha value is -1.27. The number of methoxy groups -OCH3 is 1. The average Bonchev–Trinajstić information content (AvgIpc) is 2.49. The monoisotopic (exact) mass is 341 g/mol. The second kappa shape index (κ2) is 4.63. The maximum absolute atomic E-state index is 12.5. The smallest absolute Gasteiger partial charge is 0.316 e. The minimum atomic E-state index is -0.809. The lowest BCUT2D eigenvalue weighted by Crippen LogP contribution is -2.53. The number of rotatable bonds is 2. The fourth-order valence-electron chi connectivity index (χ4n) is 2.15. The number of benzene rings is 1. The number of amidine groups is 1.